The predicted octanol–water partition coefficient (Wildman–Crippen LogP) is 2.26. The molecule has 1 fully saturated rings. The van der Waals surface area contributed by atoms with E-state index in [1.54, 1.807) is 5.01 Å². The first kappa shape index (κ1) is 17.7. The number of nitrogens with zero attached hydrogens (tertiary/aromatic N) is 2. The van der Waals surface area contributed by atoms with Crippen LogP contribution in [0.1, 0.15) is 24.8 Å². The van der Waals surface area contributed by atoms with E-state index in [0.717, 1.165) is 11.3 Å². The molecule has 1 N–H and O–H groups in total. The number of carbonyl (C=O) groups is 3. The van der Waals surface area contributed by atoms with Crippen LogP contribution in [0.3, 0.4) is 0 Å². The van der Waals surface area contributed by atoms with E-state index >= 15 is 0 Å². The molecule has 26 heavy (non-hydrogen) atoms. The van der Waals surface area contributed by atoms with Crippen molar-refractivity contribution in [2.24, 2.45) is 0 Å². The first-order valence-electron chi connectivity index (χ1n) is 8.62. The van der Waals surface area contributed by atoms with Gasteiger partial charge in [-0.1, -0.05) is 48.5 Å². The number of rotatable bonds is 7. The molecule has 1 aliphatic heterocycles. The zero-order valence-corrected chi connectivity index (χ0v) is 14.4. The van der Waals surface area contributed by atoms with Crippen LogP contribution in [-0.4, -0.2) is 29.2 Å². The monoisotopic (exact) mass is 351 g/mol. The minimum atomic E-state index is -0.239. The maximum Gasteiger partial charge on any atom is 0.240 e. The highest BCUT2D eigenvalue weighted by atomic mass is 16.2. The van der Waals surface area contributed by atoms with E-state index in [9.17, 15) is 14.4 Å². The van der Waals surface area contributed by atoms with Gasteiger partial charge in [-0.2, -0.15) is 0 Å². The minimum Gasteiger partial charge on any atom is -0.282 e. The number of benzene rings is 2. The summed E-state index contributed by atoms with van der Waals surface area (Å²) in [5, 5.41) is 1.77. The van der Waals surface area contributed by atoms with Crippen molar-refractivity contribution in [2.45, 2.75) is 25.8 Å². The van der Waals surface area contributed by atoms with Crippen LogP contribution in [0, 0.1) is 0 Å². The molecule has 0 aromatic heterocycles. The van der Waals surface area contributed by atoms with E-state index in [0.29, 0.717) is 6.54 Å². The highest BCUT2D eigenvalue weighted by molar-refractivity contribution is 6.02. The summed E-state index contributed by atoms with van der Waals surface area (Å²) in [6.45, 7) is 0.635. The molecule has 0 saturated carbocycles. The molecule has 0 bridgehead atoms. The molecule has 2 aromatic carbocycles. The lowest BCUT2D eigenvalue weighted by Crippen LogP contribution is -2.43. The van der Waals surface area contributed by atoms with E-state index < -0.39 is 0 Å². The third-order valence-corrected chi connectivity index (χ3v) is 4.23. The van der Waals surface area contributed by atoms with E-state index in [1.165, 1.54) is 4.90 Å². The number of nitrogens with one attached hydrogen (secondary N) is 1. The highest BCUT2D eigenvalue weighted by Crippen LogP contribution is 2.15. The van der Waals surface area contributed by atoms with Crippen molar-refractivity contribution in [3.05, 3.63) is 66.2 Å². The number of hydrazine groups is 1. The first-order valence-corrected chi connectivity index (χ1v) is 8.62. The van der Waals surface area contributed by atoms with Crippen LogP contribution in [0.25, 0.3) is 0 Å². The molecular weight excluding hydrogens is 330 g/mol. The van der Waals surface area contributed by atoms with Crippen molar-refractivity contribution in [1.29, 1.82) is 0 Å². The van der Waals surface area contributed by atoms with Gasteiger partial charge in [-0.3, -0.25) is 29.7 Å². The fourth-order valence-corrected chi connectivity index (χ4v) is 2.86. The molecule has 6 nitrogen and oxygen atoms in total. The summed E-state index contributed by atoms with van der Waals surface area (Å²) in [5.74, 6) is -0.642. The number of carbonyl (C=O) groups excluding carboxylic acids is 3. The second-order valence-electron chi connectivity index (χ2n) is 6.13. The Labute approximate surface area is 152 Å². The second kappa shape index (κ2) is 8.29. The van der Waals surface area contributed by atoms with Gasteiger partial charge >= 0.3 is 0 Å². The van der Waals surface area contributed by atoms with E-state index in [2.05, 4.69) is 5.43 Å². The fourth-order valence-electron chi connectivity index (χ4n) is 2.86. The Hall–Kier alpha value is -3.15. The maximum absolute atomic E-state index is 12.4. The summed E-state index contributed by atoms with van der Waals surface area (Å²) < 4.78 is 0. The average molecular weight is 351 g/mol. The number of para-hydroxylation sites is 1. The minimum absolute atomic E-state index is 0.0790. The number of amides is 3. The molecule has 2 aromatic rings. The van der Waals surface area contributed by atoms with Crippen molar-refractivity contribution >= 4 is 23.4 Å². The van der Waals surface area contributed by atoms with Gasteiger partial charge in [0.2, 0.25) is 17.7 Å². The lowest BCUT2D eigenvalue weighted by molar-refractivity contribution is -0.138. The summed E-state index contributed by atoms with van der Waals surface area (Å²) in [6.07, 6.45) is 0.560. The number of likely N-dealkylation sites (tertiary alicyclic amines) is 1. The summed E-state index contributed by atoms with van der Waals surface area (Å²) in [6, 6.07) is 19.4. The second-order valence-corrected chi connectivity index (χ2v) is 6.13. The Kier molecular flexibility index (Phi) is 5.63. The fraction of sp³-hybridized carbons (Fsp3) is 0.250. The van der Waals surface area contributed by atoms with Gasteiger partial charge in [-0.25, -0.2) is 0 Å². The molecule has 1 heterocycles. The van der Waals surface area contributed by atoms with Crippen LogP contribution in [0.4, 0.5) is 5.69 Å². The molecule has 0 unspecified atom stereocenters. The van der Waals surface area contributed by atoms with Crippen LogP contribution in [0.5, 0.6) is 0 Å². The van der Waals surface area contributed by atoms with Gasteiger partial charge in [0.1, 0.15) is 0 Å². The predicted molar refractivity (Wildman–Crippen MR) is 97.8 cm³/mol. The van der Waals surface area contributed by atoms with Gasteiger partial charge in [0.05, 0.1) is 12.2 Å². The third kappa shape index (κ3) is 4.47. The standard InChI is InChI=1S/C20H21N3O3/c24-18(13-14-22-19(25)11-12-20(22)26)21-23(17-9-5-2-6-10-17)15-16-7-3-1-4-8-16/h1-10H,11-15H2,(H,21,24). The van der Waals surface area contributed by atoms with Crippen molar-refractivity contribution < 1.29 is 14.4 Å². The number of hydrogen-bond donors (Lipinski definition) is 1. The van der Waals surface area contributed by atoms with Gasteiger partial charge < -0.3 is 0 Å². The van der Waals surface area contributed by atoms with Gasteiger partial charge in [0.15, 0.2) is 0 Å². The lowest BCUT2D eigenvalue weighted by atomic mass is 10.2. The zero-order chi connectivity index (χ0) is 18.4. The van der Waals surface area contributed by atoms with Gasteiger partial charge in [0.25, 0.3) is 0 Å². The summed E-state index contributed by atoms with van der Waals surface area (Å²) in [5.41, 5.74) is 4.80. The van der Waals surface area contributed by atoms with Crippen LogP contribution < -0.4 is 10.4 Å². The summed E-state index contributed by atoms with van der Waals surface area (Å²) in [7, 11) is 0. The normalized spacial score (nSPS) is 13.8. The number of imide groups is 1. The van der Waals surface area contributed by atoms with Crippen LogP contribution in [0.15, 0.2) is 60.7 Å². The Balaban J connectivity index is 1.64. The molecule has 3 amide bonds. The van der Waals surface area contributed by atoms with E-state index in [1.807, 2.05) is 60.7 Å². The maximum atomic E-state index is 12.4. The largest absolute Gasteiger partial charge is 0.282 e. The molecule has 1 aliphatic rings. The Morgan fingerprint density at radius 3 is 2.12 bits per heavy atom. The number of anilines is 1. The highest BCUT2D eigenvalue weighted by Gasteiger charge is 2.28. The van der Waals surface area contributed by atoms with Crippen molar-refractivity contribution in [3.63, 3.8) is 0 Å². The third-order valence-electron chi connectivity index (χ3n) is 4.23. The molecule has 134 valence electrons. The number of hydrogen-bond acceptors (Lipinski definition) is 4. The van der Waals surface area contributed by atoms with Gasteiger partial charge in [-0.05, 0) is 17.7 Å². The quantitative estimate of drug-likeness (QED) is 0.614. The molecule has 0 spiro atoms. The van der Waals surface area contributed by atoms with Gasteiger partial charge in [0, 0.05) is 25.8 Å². The Bertz CT molecular complexity index is 761. The zero-order valence-electron chi connectivity index (χ0n) is 14.4. The summed E-state index contributed by atoms with van der Waals surface area (Å²) >= 11 is 0. The van der Waals surface area contributed by atoms with Crippen LogP contribution >= 0.6 is 0 Å². The van der Waals surface area contributed by atoms with Crippen molar-refractivity contribution in [3.8, 4) is 0 Å². The Morgan fingerprint density at radius 1 is 0.923 bits per heavy atom. The molecule has 0 radical (unpaired) electrons. The lowest BCUT2D eigenvalue weighted by Gasteiger charge is -2.26. The smallest absolute Gasteiger partial charge is 0.240 e. The molecular formula is C20H21N3O3. The average Bonchev–Trinajstić information content (AvgIpc) is 2.99. The molecule has 1 saturated heterocycles. The van der Waals surface area contributed by atoms with Crippen LogP contribution in [0.2, 0.25) is 0 Å². The van der Waals surface area contributed by atoms with Gasteiger partial charge in [-0.15, -0.1) is 0 Å². The van der Waals surface area contributed by atoms with E-state index in [4.69, 9.17) is 0 Å². The van der Waals surface area contributed by atoms with Crippen molar-refractivity contribution in [2.75, 3.05) is 11.6 Å². The van der Waals surface area contributed by atoms with Crippen LogP contribution in [-0.2, 0) is 20.9 Å². The SMILES string of the molecule is O=C(CCN1C(=O)CCC1=O)NN(Cc1ccccc1)c1ccccc1. The molecule has 6 heteroatoms. The van der Waals surface area contributed by atoms with Crippen molar-refractivity contribution in [1.82, 2.24) is 10.3 Å². The molecule has 0 aliphatic carbocycles. The summed E-state index contributed by atoms with van der Waals surface area (Å²) in [4.78, 5) is 36.8. The Morgan fingerprint density at radius 2 is 1.50 bits per heavy atom. The molecule has 0 atom stereocenters. The van der Waals surface area contributed by atoms with E-state index in [-0.39, 0.29) is 43.5 Å². The first-order chi connectivity index (χ1) is 12.6. The topological polar surface area (TPSA) is 69.7 Å². The molecule has 3 rings (SSSR count).